The molecule has 0 radical (unpaired) electrons. The molecule has 5 heteroatoms. The zero-order valence-electron chi connectivity index (χ0n) is 11.9. The van der Waals surface area contributed by atoms with Crippen LogP contribution in [0.4, 0.5) is 0 Å². The smallest absolute Gasteiger partial charge is 0.0945 e. The van der Waals surface area contributed by atoms with Crippen molar-refractivity contribution in [3.05, 3.63) is 37.2 Å². The number of aryl methyl sites for hydroxylation is 1. The summed E-state index contributed by atoms with van der Waals surface area (Å²) in [4.78, 5) is 4.07. The van der Waals surface area contributed by atoms with Crippen LogP contribution in [0.2, 0.25) is 0 Å². The molecule has 0 amide bonds. The van der Waals surface area contributed by atoms with E-state index in [4.69, 9.17) is 0 Å². The predicted molar refractivity (Wildman–Crippen MR) is 78.4 cm³/mol. The number of aromatic nitrogens is 4. The van der Waals surface area contributed by atoms with Crippen LogP contribution in [-0.4, -0.2) is 31.9 Å². The lowest BCUT2D eigenvalue weighted by molar-refractivity contribution is 0.246. The molecule has 0 unspecified atom stereocenters. The van der Waals surface area contributed by atoms with Gasteiger partial charge in [0.15, 0.2) is 0 Å². The molecule has 0 saturated heterocycles. The lowest BCUT2D eigenvalue weighted by Crippen LogP contribution is -2.40. The average molecular weight is 273 g/mol. The quantitative estimate of drug-likeness (QED) is 0.821. The standard InChI is InChI=1S/C15H23N5/c1-2-6-15(20-11-4-8-18-20)14(5-1)17-7-3-10-19-12-9-16-13-19/h4,8-9,11-15,17H,1-3,5-7,10H2/t14-,15+/m1/s1. The molecule has 0 aromatic carbocycles. The molecule has 0 spiro atoms. The fraction of sp³-hybridized carbons (Fsp3) is 0.600. The van der Waals surface area contributed by atoms with Gasteiger partial charge >= 0.3 is 0 Å². The normalized spacial score (nSPS) is 23.0. The van der Waals surface area contributed by atoms with Crippen molar-refractivity contribution in [1.82, 2.24) is 24.6 Å². The van der Waals surface area contributed by atoms with Crippen LogP contribution in [-0.2, 0) is 6.54 Å². The van der Waals surface area contributed by atoms with E-state index in [1.165, 1.54) is 25.7 Å². The molecule has 1 N–H and O–H groups in total. The van der Waals surface area contributed by atoms with Gasteiger partial charge in [-0.3, -0.25) is 4.68 Å². The minimum atomic E-state index is 0.520. The van der Waals surface area contributed by atoms with E-state index < -0.39 is 0 Å². The second kappa shape index (κ2) is 6.70. The maximum Gasteiger partial charge on any atom is 0.0945 e. The number of nitrogens with one attached hydrogen (secondary N) is 1. The van der Waals surface area contributed by atoms with Crippen molar-refractivity contribution < 1.29 is 0 Å². The molecule has 1 saturated carbocycles. The minimum Gasteiger partial charge on any atom is -0.337 e. The van der Waals surface area contributed by atoms with Crippen LogP contribution in [0.3, 0.4) is 0 Å². The van der Waals surface area contributed by atoms with Crippen molar-refractivity contribution in [2.24, 2.45) is 0 Å². The van der Waals surface area contributed by atoms with E-state index >= 15 is 0 Å². The highest BCUT2D eigenvalue weighted by Gasteiger charge is 2.25. The Labute approximate surface area is 120 Å². The molecule has 1 aliphatic carbocycles. The first kappa shape index (κ1) is 13.4. The average Bonchev–Trinajstić information content (AvgIpc) is 3.17. The van der Waals surface area contributed by atoms with Gasteiger partial charge in [0.1, 0.15) is 0 Å². The number of nitrogens with zero attached hydrogens (tertiary/aromatic N) is 4. The summed E-state index contributed by atoms with van der Waals surface area (Å²) in [6, 6.07) is 3.10. The van der Waals surface area contributed by atoms with Crippen molar-refractivity contribution in [3.63, 3.8) is 0 Å². The second-order valence-corrected chi connectivity index (χ2v) is 5.55. The maximum absolute atomic E-state index is 4.42. The Morgan fingerprint density at radius 2 is 2.10 bits per heavy atom. The molecule has 3 rings (SSSR count). The minimum absolute atomic E-state index is 0.520. The van der Waals surface area contributed by atoms with Crippen molar-refractivity contribution >= 4 is 0 Å². The summed E-state index contributed by atoms with van der Waals surface area (Å²) in [5, 5.41) is 8.15. The summed E-state index contributed by atoms with van der Waals surface area (Å²) in [7, 11) is 0. The molecular formula is C15H23N5. The van der Waals surface area contributed by atoms with Gasteiger partial charge in [-0.2, -0.15) is 5.10 Å². The highest BCUT2D eigenvalue weighted by molar-refractivity contribution is 4.89. The van der Waals surface area contributed by atoms with Gasteiger partial charge < -0.3 is 9.88 Å². The molecule has 2 atom stereocenters. The van der Waals surface area contributed by atoms with Gasteiger partial charge in [-0.25, -0.2) is 4.98 Å². The van der Waals surface area contributed by atoms with Crippen molar-refractivity contribution in [2.75, 3.05) is 6.54 Å². The van der Waals surface area contributed by atoms with Crippen molar-refractivity contribution in [2.45, 2.75) is 50.7 Å². The largest absolute Gasteiger partial charge is 0.337 e. The number of imidazole rings is 1. The predicted octanol–water partition coefficient (Wildman–Crippen LogP) is 2.24. The Balaban J connectivity index is 1.47. The summed E-state index contributed by atoms with van der Waals surface area (Å²) in [5.74, 6) is 0. The highest BCUT2D eigenvalue weighted by atomic mass is 15.3. The van der Waals surface area contributed by atoms with E-state index in [0.29, 0.717) is 12.1 Å². The van der Waals surface area contributed by atoms with Gasteiger partial charge in [-0.05, 0) is 31.9 Å². The molecule has 2 aromatic heterocycles. The lowest BCUT2D eigenvalue weighted by atomic mass is 9.90. The maximum atomic E-state index is 4.42. The molecule has 0 bridgehead atoms. The molecule has 2 heterocycles. The van der Waals surface area contributed by atoms with Crippen LogP contribution >= 0.6 is 0 Å². The summed E-state index contributed by atoms with van der Waals surface area (Å²) in [5.41, 5.74) is 0. The Bertz CT molecular complexity index is 476. The fourth-order valence-corrected chi connectivity index (χ4v) is 3.11. The topological polar surface area (TPSA) is 47.7 Å². The van der Waals surface area contributed by atoms with Gasteiger partial charge in [-0.1, -0.05) is 12.8 Å². The molecule has 20 heavy (non-hydrogen) atoms. The first-order valence-electron chi connectivity index (χ1n) is 7.62. The zero-order valence-corrected chi connectivity index (χ0v) is 11.9. The van der Waals surface area contributed by atoms with E-state index in [1.54, 1.807) is 0 Å². The van der Waals surface area contributed by atoms with Crippen LogP contribution in [0.5, 0.6) is 0 Å². The first-order valence-corrected chi connectivity index (χ1v) is 7.62. The van der Waals surface area contributed by atoms with Crippen LogP contribution < -0.4 is 5.32 Å². The molecule has 1 aliphatic rings. The van der Waals surface area contributed by atoms with E-state index in [2.05, 4.69) is 30.8 Å². The van der Waals surface area contributed by atoms with E-state index in [0.717, 1.165) is 19.5 Å². The van der Waals surface area contributed by atoms with Crippen LogP contribution in [0.1, 0.15) is 38.1 Å². The van der Waals surface area contributed by atoms with Crippen LogP contribution in [0.15, 0.2) is 37.2 Å². The van der Waals surface area contributed by atoms with Gasteiger partial charge in [0, 0.05) is 37.4 Å². The van der Waals surface area contributed by atoms with Crippen LogP contribution in [0, 0.1) is 0 Å². The van der Waals surface area contributed by atoms with Gasteiger partial charge in [-0.15, -0.1) is 0 Å². The Morgan fingerprint density at radius 3 is 2.90 bits per heavy atom. The Morgan fingerprint density at radius 1 is 1.15 bits per heavy atom. The molecule has 0 aliphatic heterocycles. The third-order valence-corrected chi connectivity index (χ3v) is 4.15. The molecule has 108 valence electrons. The van der Waals surface area contributed by atoms with Gasteiger partial charge in [0.25, 0.3) is 0 Å². The summed E-state index contributed by atoms with van der Waals surface area (Å²) in [6.07, 6.45) is 16.0. The summed E-state index contributed by atoms with van der Waals surface area (Å²) < 4.78 is 4.26. The molecular weight excluding hydrogens is 250 g/mol. The van der Waals surface area contributed by atoms with E-state index in [-0.39, 0.29) is 0 Å². The highest BCUT2D eigenvalue weighted by Crippen LogP contribution is 2.27. The SMILES string of the molecule is c1cnn([C@H]2CCCC[C@H]2NCCCn2ccnc2)c1. The van der Waals surface area contributed by atoms with Gasteiger partial charge in [0.05, 0.1) is 12.4 Å². The monoisotopic (exact) mass is 273 g/mol. The molecule has 2 aromatic rings. The fourth-order valence-electron chi connectivity index (χ4n) is 3.11. The third kappa shape index (κ3) is 3.28. The number of hydrogen-bond donors (Lipinski definition) is 1. The third-order valence-electron chi connectivity index (χ3n) is 4.15. The zero-order chi connectivity index (χ0) is 13.6. The molecule has 5 nitrogen and oxygen atoms in total. The number of rotatable bonds is 6. The summed E-state index contributed by atoms with van der Waals surface area (Å²) >= 11 is 0. The van der Waals surface area contributed by atoms with Crippen LogP contribution in [0.25, 0.3) is 0 Å². The second-order valence-electron chi connectivity index (χ2n) is 5.55. The molecule has 1 fully saturated rings. The Hall–Kier alpha value is -1.62. The lowest BCUT2D eigenvalue weighted by Gasteiger charge is -2.32. The number of hydrogen-bond acceptors (Lipinski definition) is 3. The van der Waals surface area contributed by atoms with Crippen molar-refractivity contribution in [3.8, 4) is 0 Å². The summed E-state index contributed by atoms with van der Waals surface area (Å²) in [6.45, 7) is 2.09. The van der Waals surface area contributed by atoms with Gasteiger partial charge in [0.2, 0.25) is 0 Å². The Kier molecular flexibility index (Phi) is 4.48. The van der Waals surface area contributed by atoms with E-state index in [1.807, 2.05) is 31.0 Å². The first-order chi connectivity index (χ1) is 9.93. The van der Waals surface area contributed by atoms with E-state index in [9.17, 15) is 0 Å². The van der Waals surface area contributed by atoms with Crippen molar-refractivity contribution in [1.29, 1.82) is 0 Å².